The Morgan fingerprint density at radius 2 is 2.05 bits per heavy atom. The Kier molecular flexibility index (Phi) is 5.00. The summed E-state index contributed by atoms with van der Waals surface area (Å²) in [6.07, 6.45) is 0.243. The van der Waals surface area contributed by atoms with E-state index in [0.29, 0.717) is 6.54 Å². The van der Waals surface area contributed by atoms with E-state index < -0.39 is 5.97 Å². The first-order valence-electron chi connectivity index (χ1n) is 5.59. The maximum atomic E-state index is 11.4. The van der Waals surface area contributed by atoms with Crippen molar-refractivity contribution in [2.45, 2.75) is 6.42 Å². The summed E-state index contributed by atoms with van der Waals surface area (Å²) in [7, 11) is 3.31. The van der Waals surface area contributed by atoms with Crippen LogP contribution in [0.2, 0.25) is 5.02 Å². The zero-order valence-electron chi connectivity index (χ0n) is 10.7. The molecule has 0 aliphatic heterocycles. The van der Waals surface area contributed by atoms with Gasteiger partial charge in [-0.25, -0.2) is 4.79 Å². The number of carboxylic acid groups (broad SMARTS) is 1. The van der Waals surface area contributed by atoms with E-state index in [9.17, 15) is 9.59 Å². The number of rotatable bonds is 5. The first-order valence-corrected chi connectivity index (χ1v) is 5.97. The van der Waals surface area contributed by atoms with Crippen LogP contribution in [-0.4, -0.2) is 42.5 Å². The summed E-state index contributed by atoms with van der Waals surface area (Å²) >= 11 is 5.96. The number of nitrogens with zero attached hydrogens (tertiary/aromatic N) is 1. The summed E-state index contributed by atoms with van der Waals surface area (Å²) in [4.78, 5) is 24.0. The van der Waals surface area contributed by atoms with Crippen LogP contribution in [0.4, 0.5) is 11.4 Å². The fourth-order valence-corrected chi connectivity index (χ4v) is 1.79. The molecule has 0 fully saturated rings. The molecule has 0 bridgehead atoms. The quantitative estimate of drug-likeness (QED) is 0.713. The van der Waals surface area contributed by atoms with Crippen LogP contribution in [0.5, 0.6) is 0 Å². The number of aromatic carboxylic acids is 1. The first kappa shape index (κ1) is 15.1. The molecule has 0 radical (unpaired) electrons. The van der Waals surface area contributed by atoms with Crippen LogP contribution in [0.25, 0.3) is 0 Å². The molecule has 7 heteroatoms. The molecule has 0 heterocycles. The van der Waals surface area contributed by atoms with Gasteiger partial charge >= 0.3 is 5.97 Å². The summed E-state index contributed by atoms with van der Waals surface area (Å²) in [5.41, 5.74) is 6.08. The van der Waals surface area contributed by atoms with E-state index in [-0.39, 0.29) is 34.3 Å². The van der Waals surface area contributed by atoms with E-state index in [1.165, 1.54) is 17.0 Å². The topological polar surface area (TPSA) is 95.7 Å². The fraction of sp³-hybridized carbons (Fsp3) is 0.333. The summed E-state index contributed by atoms with van der Waals surface area (Å²) in [5.74, 6) is -1.19. The molecule has 0 aromatic heterocycles. The molecule has 104 valence electrons. The number of nitrogen functional groups attached to an aromatic ring is 1. The number of nitrogens with two attached hydrogens (primary N) is 1. The molecule has 1 rings (SSSR count). The maximum Gasteiger partial charge on any atom is 0.337 e. The first-order chi connectivity index (χ1) is 8.82. The van der Waals surface area contributed by atoms with Gasteiger partial charge in [0.25, 0.3) is 0 Å². The second-order valence-corrected chi connectivity index (χ2v) is 4.60. The van der Waals surface area contributed by atoms with Gasteiger partial charge in [-0.2, -0.15) is 0 Å². The average Bonchev–Trinajstić information content (AvgIpc) is 2.30. The highest BCUT2D eigenvalue weighted by Crippen LogP contribution is 2.29. The predicted octanol–water partition coefficient (Wildman–Crippen LogP) is 1.51. The Morgan fingerprint density at radius 3 is 2.58 bits per heavy atom. The molecular formula is C12H16ClN3O3. The number of amides is 1. The number of halogens is 1. The average molecular weight is 286 g/mol. The van der Waals surface area contributed by atoms with Crippen LogP contribution in [0.3, 0.4) is 0 Å². The number of hydrogen-bond donors (Lipinski definition) is 3. The van der Waals surface area contributed by atoms with Gasteiger partial charge in [-0.1, -0.05) is 11.6 Å². The van der Waals surface area contributed by atoms with Crippen molar-refractivity contribution < 1.29 is 14.7 Å². The van der Waals surface area contributed by atoms with Gasteiger partial charge in [0.1, 0.15) is 0 Å². The second kappa shape index (κ2) is 6.29. The Hall–Kier alpha value is -1.95. The van der Waals surface area contributed by atoms with Crippen LogP contribution >= 0.6 is 11.6 Å². The van der Waals surface area contributed by atoms with Crippen LogP contribution in [0.15, 0.2) is 12.1 Å². The molecule has 6 nitrogen and oxygen atoms in total. The van der Waals surface area contributed by atoms with E-state index in [1.54, 1.807) is 14.1 Å². The molecule has 0 spiro atoms. The van der Waals surface area contributed by atoms with Crippen molar-refractivity contribution in [2.24, 2.45) is 0 Å². The zero-order chi connectivity index (χ0) is 14.6. The number of nitrogens with one attached hydrogen (secondary N) is 1. The van der Waals surface area contributed by atoms with Gasteiger partial charge < -0.3 is 21.1 Å². The van der Waals surface area contributed by atoms with E-state index in [2.05, 4.69) is 5.32 Å². The number of carbonyl (C=O) groups is 2. The third-order valence-corrected chi connectivity index (χ3v) is 2.78. The van der Waals surface area contributed by atoms with Gasteiger partial charge in [-0.3, -0.25) is 4.79 Å². The molecule has 0 saturated heterocycles. The van der Waals surface area contributed by atoms with Crippen molar-refractivity contribution in [1.29, 1.82) is 0 Å². The lowest BCUT2D eigenvalue weighted by atomic mass is 10.1. The third-order valence-electron chi connectivity index (χ3n) is 2.48. The lowest BCUT2D eigenvalue weighted by Crippen LogP contribution is -2.24. The second-order valence-electron chi connectivity index (χ2n) is 4.20. The van der Waals surface area contributed by atoms with Gasteiger partial charge in [0, 0.05) is 32.7 Å². The van der Waals surface area contributed by atoms with Crippen LogP contribution in [0.1, 0.15) is 16.8 Å². The summed E-state index contributed by atoms with van der Waals surface area (Å²) in [6.45, 7) is 0.293. The Labute approximate surface area is 116 Å². The molecule has 0 aliphatic carbocycles. The molecule has 1 amide bonds. The Bertz CT molecular complexity index is 503. The van der Waals surface area contributed by atoms with Crippen molar-refractivity contribution in [2.75, 3.05) is 31.7 Å². The lowest BCUT2D eigenvalue weighted by molar-refractivity contribution is -0.128. The van der Waals surface area contributed by atoms with Crippen molar-refractivity contribution in [3.63, 3.8) is 0 Å². The fourth-order valence-electron chi connectivity index (χ4n) is 1.49. The molecule has 0 saturated carbocycles. The number of anilines is 2. The van der Waals surface area contributed by atoms with Gasteiger partial charge in [-0.15, -0.1) is 0 Å². The molecular weight excluding hydrogens is 270 g/mol. The molecule has 1 aromatic rings. The standard InChI is InChI=1S/C12H16ClN3O3/c1-16(2)10(17)3-4-15-11-8(12(18)19)5-7(14)6-9(11)13/h5-6,15H,3-4,14H2,1-2H3,(H,18,19). The largest absolute Gasteiger partial charge is 0.478 e. The van der Waals surface area contributed by atoms with Crippen molar-refractivity contribution >= 4 is 34.9 Å². The zero-order valence-corrected chi connectivity index (χ0v) is 11.5. The smallest absolute Gasteiger partial charge is 0.337 e. The summed E-state index contributed by atoms with van der Waals surface area (Å²) in [5, 5.41) is 12.2. The van der Waals surface area contributed by atoms with Gasteiger partial charge in [0.05, 0.1) is 16.3 Å². The Morgan fingerprint density at radius 1 is 1.42 bits per heavy atom. The van der Waals surface area contributed by atoms with Crippen LogP contribution in [0, 0.1) is 0 Å². The van der Waals surface area contributed by atoms with Crippen molar-refractivity contribution in [1.82, 2.24) is 4.90 Å². The molecule has 4 N–H and O–H groups in total. The number of carbonyl (C=O) groups excluding carboxylic acids is 1. The van der Waals surface area contributed by atoms with E-state index in [1.807, 2.05) is 0 Å². The van der Waals surface area contributed by atoms with Gasteiger partial charge in [-0.05, 0) is 12.1 Å². The van der Waals surface area contributed by atoms with Crippen molar-refractivity contribution in [3.05, 3.63) is 22.7 Å². The highest BCUT2D eigenvalue weighted by Gasteiger charge is 2.15. The lowest BCUT2D eigenvalue weighted by Gasteiger charge is -2.14. The highest BCUT2D eigenvalue weighted by atomic mass is 35.5. The van der Waals surface area contributed by atoms with Gasteiger partial charge in [0.2, 0.25) is 5.91 Å². The predicted molar refractivity (Wildman–Crippen MR) is 74.6 cm³/mol. The Balaban J connectivity index is 2.83. The molecule has 0 unspecified atom stereocenters. The minimum Gasteiger partial charge on any atom is -0.478 e. The normalized spacial score (nSPS) is 10.1. The minimum atomic E-state index is -1.13. The maximum absolute atomic E-state index is 11.4. The highest BCUT2D eigenvalue weighted by molar-refractivity contribution is 6.34. The SMILES string of the molecule is CN(C)C(=O)CCNc1c(Cl)cc(N)cc1C(=O)O. The summed E-state index contributed by atoms with van der Waals surface area (Å²) in [6, 6.07) is 2.79. The van der Waals surface area contributed by atoms with E-state index >= 15 is 0 Å². The number of hydrogen-bond acceptors (Lipinski definition) is 4. The molecule has 19 heavy (non-hydrogen) atoms. The van der Waals surface area contributed by atoms with Crippen LogP contribution in [-0.2, 0) is 4.79 Å². The molecule has 1 aromatic carbocycles. The third kappa shape index (κ3) is 4.03. The minimum absolute atomic E-state index is 0.0118. The van der Waals surface area contributed by atoms with Gasteiger partial charge in [0.15, 0.2) is 0 Å². The molecule has 0 aliphatic rings. The van der Waals surface area contributed by atoms with Crippen LogP contribution < -0.4 is 11.1 Å². The van der Waals surface area contributed by atoms with Crippen molar-refractivity contribution in [3.8, 4) is 0 Å². The van der Waals surface area contributed by atoms with E-state index in [0.717, 1.165) is 0 Å². The number of benzene rings is 1. The molecule has 0 atom stereocenters. The van der Waals surface area contributed by atoms with E-state index in [4.69, 9.17) is 22.4 Å². The number of carboxylic acids is 1. The monoisotopic (exact) mass is 285 g/mol. The summed E-state index contributed by atoms with van der Waals surface area (Å²) < 4.78 is 0.